The second-order valence-electron chi connectivity index (χ2n) is 4.08. The lowest BCUT2D eigenvalue weighted by Crippen LogP contribution is -2.39. The highest BCUT2D eigenvalue weighted by Gasteiger charge is 2.21. The Hall–Kier alpha value is -0.300. The monoisotopic (exact) mass is 165 g/mol. The van der Waals surface area contributed by atoms with Crippen LogP contribution in [-0.4, -0.2) is 12.6 Å². The Balaban J connectivity index is 1.88. The molecule has 12 heavy (non-hydrogen) atoms. The van der Waals surface area contributed by atoms with Crippen molar-refractivity contribution in [2.75, 3.05) is 6.54 Å². The van der Waals surface area contributed by atoms with Crippen LogP contribution in [0.2, 0.25) is 0 Å². The molecule has 0 aromatic rings. The van der Waals surface area contributed by atoms with Crippen LogP contribution in [0.4, 0.5) is 0 Å². The van der Waals surface area contributed by atoms with Gasteiger partial charge < -0.3 is 5.32 Å². The van der Waals surface area contributed by atoms with Gasteiger partial charge in [0.2, 0.25) is 0 Å². The van der Waals surface area contributed by atoms with Crippen LogP contribution in [0, 0.1) is 5.92 Å². The van der Waals surface area contributed by atoms with Crippen molar-refractivity contribution in [1.82, 2.24) is 5.32 Å². The topological polar surface area (TPSA) is 12.0 Å². The summed E-state index contributed by atoms with van der Waals surface area (Å²) in [6.07, 6.45) is 13.1. The fourth-order valence-corrected chi connectivity index (χ4v) is 2.42. The lowest BCUT2D eigenvalue weighted by atomic mass is 9.85. The van der Waals surface area contributed by atoms with Crippen molar-refractivity contribution in [3.63, 3.8) is 0 Å². The second-order valence-corrected chi connectivity index (χ2v) is 4.08. The number of nitrogens with one attached hydrogen (secondary N) is 1. The van der Waals surface area contributed by atoms with Crippen LogP contribution < -0.4 is 5.32 Å². The van der Waals surface area contributed by atoms with E-state index < -0.39 is 0 Å². The molecule has 0 aromatic heterocycles. The molecule has 2 aliphatic rings. The number of rotatable bonds is 1. The second kappa shape index (κ2) is 4.08. The molecule has 1 N–H and O–H groups in total. The van der Waals surface area contributed by atoms with Gasteiger partial charge in [0, 0.05) is 6.04 Å². The molecule has 2 rings (SSSR count). The Morgan fingerprint density at radius 3 is 2.75 bits per heavy atom. The van der Waals surface area contributed by atoms with Gasteiger partial charge in [-0.15, -0.1) is 0 Å². The highest BCUT2D eigenvalue weighted by atomic mass is 14.9. The molecule has 0 aromatic carbocycles. The summed E-state index contributed by atoms with van der Waals surface area (Å²) in [5, 5.41) is 3.64. The van der Waals surface area contributed by atoms with Crippen molar-refractivity contribution in [1.29, 1.82) is 0 Å². The Bertz CT molecular complexity index is 156. The van der Waals surface area contributed by atoms with Crippen LogP contribution in [0.1, 0.15) is 38.5 Å². The molecule has 2 unspecified atom stereocenters. The number of hydrogen-bond donors (Lipinski definition) is 1. The van der Waals surface area contributed by atoms with E-state index in [1.54, 1.807) is 0 Å². The van der Waals surface area contributed by atoms with Crippen molar-refractivity contribution >= 4 is 0 Å². The zero-order chi connectivity index (χ0) is 8.23. The molecule has 0 bridgehead atoms. The molecule has 0 spiro atoms. The molecule has 1 fully saturated rings. The third-order valence-corrected chi connectivity index (χ3v) is 3.16. The van der Waals surface area contributed by atoms with E-state index in [-0.39, 0.29) is 0 Å². The Morgan fingerprint density at radius 2 is 2.08 bits per heavy atom. The van der Waals surface area contributed by atoms with Crippen LogP contribution in [0.3, 0.4) is 0 Å². The summed E-state index contributed by atoms with van der Waals surface area (Å²) in [4.78, 5) is 0. The van der Waals surface area contributed by atoms with E-state index in [2.05, 4.69) is 17.5 Å². The lowest BCUT2D eigenvalue weighted by Gasteiger charge is -2.31. The highest BCUT2D eigenvalue weighted by molar-refractivity contribution is 4.98. The molecule has 1 aliphatic carbocycles. The molecule has 2 atom stereocenters. The zero-order valence-electron chi connectivity index (χ0n) is 7.76. The minimum atomic E-state index is 0.801. The van der Waals surface area contributed by atoms with Crippen LogP contribution in [-0.2, 0) is 0 Å². The molecule has 1 heterocycles. The lowest BCUT2D eigenvalue weighted by molar-refractivity contribution is 0.312. The van der Waals surface area contributed by atoms with Crippen LogP contribution in [0.5, 0.6) is 0 Å². The van der Waals surface area contributed by atoms with Gasteiger partial charge in [-0.05, 0) is 44.6 Å². The number of hydrogen-bond acceptors (Lipinski definition) is 1. The smallest absolute Gasteiger partial charge is 0.0130 e. The van der Waals surface area contributed by atoms with E-state index in [9.17, 15) is 0 Å². The summed E-state index contributed by atoms with van der Waals surface area (Å²) in [6, 6.07) is 0.801. The Kier molecular flexibility index (Phi) is 2.83. The number of piperidine rings is 1. The third kappa shape index (κ3) is 1.89. The van der Waals surface area contributed by atoms with E-state index >= 15 is 0 Å². The largest absolute Gasteiger partial charge is 0.313 e. The summed E-state index contributed by atoms with van der Waals surface area (Å²) in [6.45, 7) is 1.25. The molecular weight excluding hydrogens is 146 g/mol. The van der Waals surface area contributed by atoms with Crippen LogP contribution in [0.25, 0.3) is 0 Å². The first-order valence-corrected chi connectivity index (χ1v) is 5.37. The molecule has 68 valence electrons. The predicted octanol–water partition coefficient (Wildman–Crippen LogP) is 2.48. The summed E-state index contributed by atoms with van der Waals surface area (Å²) in [7, 11) is 0. The summed E-state index contributed by atoms with van der Waals surface area (Å²) >= 11 is 0. The van der Waals surface area contributed by atoms with Gasteiger partial charge in [-0.3, -0.25) is 0 Å². The molecule has 1 aliphatic heterocycles. The van der Waals surface area contributed by atoms with Crippen molar-refractivity contribution in [3.05, 3.63) is 12.2 Å². The minimum absolute atomic E-state index is 0.801. The molecule has 1 saturated heterocycles. The van der Waals surface area contributed by atoms with Gasteiger partial charge in [0.25, 0.3) is 0 Å². The van der Waals surface area contributed by atoms with Gasteiger partial charge in [0.05, 0.1) is 0 Å². The van der Waals surface area contributed by atoms with Gasteiger partial charge in [-0.2, -0.15) is 0 Å². The normalized spacial score (nSPS) is 36.7. The fraction of sp³-hybridized carbons (Fsp3) is 0.818. The standard InChI is InChI=1S/C11H19N/c1-2-6-10(7-3-1)11-8-4-5-9-12-11/h2,6,10-12H,1,3-5,7-9H2. The van der Waals surface area contributed by atoms with Crippen molar-refractivity contribution in [2.24, 2.45) is 5.92 Å². The average molecular weight is 165 g/mol. The van der Waals surface area contributed by atoms with Crippen molar-refractivity contribution in [3.8, 4) is 0 Å². The maximum absolute atomic E-state index is 3.64. The molecule has 0 saturated carbocycles. The highest BCUT2D eigenvalue weighted by Crippen LogP contribution is 2.24. The maximum Gasteiger partial charge on any atom is 0.0130 e. The van der Waals surface area contributed by atoms with Crippen molar-refractivity contribution < 1.29 is 0 Å². The Morgan fingerprint density at radius 1 is 1.08 bits per heavy atom. The van der Waals surface area contributed by atoms with E-state index in [1.165, 1.54) is 45.1 Å². The quantitative estimate of drug-likeness (QED) is 0.589. The first-order chi connectivity index (χ1) is 5.97. The summed E-state index contributed by atoms with van der Waals surface area (Å²) < 4.78 is 0. The van der Waals surface area contributed by atoms with Gasteiger partial charge in [-0.25, -0.2) is 0 Å². The molecular formula is C11H19N. The number of allylic oxidation sites excluding steroid dienone is 1. The zero-order valence-corrected chi connectivity index (χ0v) is 7.76. The first-order valence-electron chi connectivity index (χ1n) is 5.37. The molecule has 0 radical (unpaired) electrons. The third-order valence-electron chi connectivity index (χ3n) is 3.16. The summed E-state index contributed by atoms with van der Waals surface area (Å²) in [5.41, 5.74) is 0. The van der Waals surface area contributed by atoms with Crippen LogP contribution >= 0.6 is 0 Å². The molecule has 0 amide bonds. The maximum atomic E-state index is 3.64. The van der Waals surface area contributed by atoms with E-state index in [4.69, 9.17) is 0 Å². The van der Waals surface area contributed by atoms with Gasteiger partial charge >= 0.3 is 0 Å². The van der Waals surface area contributed by atoms with Gasteiger partial charge in [0.15, 0.2) is 0 Å². The molecule has 1 heteroatoms. The van der Waals surface area contributed by atoms with E-state index in [0.717, 1.165) is 12.0 Å². The fourth-order valence-electron chi connectivity index (χ4n) is 2.42. The molecule has 1 nitrogen and oxygen atoms in total. The van der Waals surface area contributed by atoms with E-state index in [0.29, 0.717) is 0 Å². The average Bonchev–Trinajstić information content (AvgIpc) is 2.21. The van der Waals surface area contributed by atoms with Gasteiger partial charge in [-0.1, -0.05) is 18.6 Å². The van der Waals surface area contributed by atoms with E-state index in [1.807, 2.05) is 0 Å². The van der Waals surface area contributed by atoms with Crippen LogP contribution in [0.15, 0.2) is 12.2 Å². The van der Waals surface area contributed by atoms with Crippen molar-refractivity contribution in [2.45, 2.75) is 44.6 Å². The first kappa shape index (κ1) is 8.31. The SMILES string of the molecule is C1=CC(C2CCCCN2)CCC1. The van der Waals surface area contributed by atoms with Gasteiger partial charge in [0.1, 0.15) is 0 Å². The minimum Gasteiger partial charge on any atom is -0.313 e. The predicted molar refractivity (Wildman–Crippen MR) is 52.1 cm³/mol. The Labute approximate surface area is 75.2 Å². The summed E-state index contributed by atoms with van der Waals surface area (Å²) in [5.74, 6) is 0.846.